The maximum Gasteiger partial charge on any atom is 0.251 e. The lowest BCUT2D eigenvalue weighted by molar-refractivity contribution is 0.191. The lowest BCUT2D eigenvalue weighted by Gasteiger charge is -2.32. The fourth-order valence-electron chi connectivity index (χ4n) is 4.45. The van der Waals surface area contributed by atoms with Crippen molar-refractivity contribution in [3.8, 4) is 5.75 Å². The minimum atomic E-state index is -0.00686. The first-order valence-corrected chi connectivity index (χ1v) is 11.4. The Hall–Kier alpha value is -3.36. The van der Waals surface area contributed by atoms with Gasteiger partial charge in [0.1, 0.15) is 5.75 Å². The molecule has 4 aromatic heterocycles. The Morgan fingerprint density at radius 1 is 1.00 bits per heavy atom. The highest BCUT2D eigenvalue weighted by atomic mass is 16.5. The molecule has 1 aliphatic rings. The van der Waals surface area contributed by atoms with Crippen molar-refractivity contribution in [3.63, 3.8) is 0 Å². The molecule has 1 fully saturated rings. The van der Waals surface area contributed by atoms with Crippen LogP contribution in [0.4, 0.5) is 0 Å². The molecule has 0 aromatic carbocycles. The van der Waals surface area contributed by atoms with Gasteiger partial charge in [-0.2, -0.15) is 0 Å². The Kier molecular flexibility index (Phi) is 6.28. The van der Waals surface area contributed by atoms with Crippen LogP contribution in [-0.4, -0.2) is 57.2 Å². The standard InChI is InChI=1S/C25H28N6O2/c1-33-20-14-24-22(29-17-20)4-5-25(32)31(24)12-11-30-9-6-19(7-10-30)27-15-18-13-23-21(28-16-18)3-2-8-26-23/h2-5,8,13-14,16-17,19,27H,6-7,9-12,15H2,1H3. The Bertz CT molecular complexity index is 1310. The minimum Gasteiger partial charge on any atom is -0.495 e. The van der Waals surface area contributed by atoms with Crippen molar-refractivity contribution in [1.82, 2.24) is 29.7 Å². The monoisotopic (exact) mass is 444 g/mol. The Morgan fingerprint density at radius 3 is 2.70 bits per heavy atom. The highest BCUT2D eigenvalue weighted by Crippen LogP contribution is 2.17. The molecule has 4 aromatic rings. The number of likely N-dealkylation sites (tertiary alicyclic amines) is 1. The Morgan fingerprint density at radius 2 is 1.85 bits per heavy atom. The summed E-state index contributed by atoms with van der Waals surface area (Å²) < 4.78 is 7.10. The van der Waals surface area contributed by atoms with Gasteiger partial charge in [0, 0.05) is 50.2 Å². The van der Waals surface area contributed by atoms with E-state index in [1.165, 1.54) is 0 Å². The van der Waals surface area contributed by atoms with Crippen LogP contribution < -0.4 is 15.6 Å². The molecule has 0 spiro atoms. The molecular weight excluding hydrogens is 416 g/mol. The molecule has 5 rings (SSSR count). The van der Waals surface area contributed by atoms with E-state index in [0.717, 1.165) is 66.7 Å². The van der Waals surface area contributed by atoms with Crippen molar-refractivity contribution in [1.29, 1.82) is 0 Å². The van der Waals surface area contributed by atoms with Crippen molar-refractivity contribution in [2.75, 3.05) is 26.7 Å². The molecule has 0 atom stereocenters. The van der Waals surface area contributed by atoms with Crippen molar-refractivity contribution >= 4 is 22.1 Å². The van der Waals surface area contributed by atoms with E-state index in [9.17, 15) is 4.79 Å². The molecule has 1 N–H and O–H groups in total. The van der Waals surface area contributed by atoms with Gasteiger partial charge in [-0.05, 0) is 55.8 Å². The fourth-order valence-corrected chi connectivity index (χ4v) is 4.45. The summed E-state index contributed by atoms with van der Waals surface area (Å²) in [5, 5.41) is 3.67. The van der Waals surface area contributed by atoms with Crippen LogP contribution >= 0.6 is 0 Å². The third-order valence-corrected chi connectivity index (χ3v) is 6.38. The highest BCUT2D eigenvalue weighted by molar-refractivity contribution is 5.76. The van der Waals surface area contributed by atoms with E-state index in [-0.39, 0.29) is 5.56 Å². The predicted molar refractivity (Wildman–Crippen MR) is 128 cm³/mol. The first-order valence-electron chi connectivity index (χ1n) is 11.4. The summed E-state index contributed by atoms with van der Waals surface area (Å²) in [4.78, 5) is 28.2. The van der Waals surface area contributed by atoms with E-state index in [1.54, 1.807) is 36.2 Å². The number of ether oxygens (including phenoxy) is 1. The van der Waals surface area contributed by atoms with Crippen LogP contribution in [0.5, 0.6) is 5.75 Å². The van der Waals surface area contributed by atoms with Gasteiger partial charge in [0.2, 0.25) is 0 Å². The molecule has 0 unspecified atom stereocenters. The molecule has 1 aliphatic heterocycles. The number of nitrogens with zero attached hydrogens (tertiary/aromatic N) is 5. The van der Waals surface area contributed by atoms with Gasteiger partial charge in [0.15, 0.2) is 0 Å². The van der Waals surface area contributed by atoms with E-state index in [4.69, 9.17) is 4.74 Å². The first-order chi connectivity index (χ1) is 16.2. The first kappa shape index (κ1) is 21.5. The molecule has 0 radical (unpaired) electrons. The summed E-state index contributed by atoms with van der Waals surface area (Å²) in [6, 6.07) is 11.7. The number of rotatable bonds is 7. The zero-order valence-electron chi connectivity index (χ0n) is 18.8. The number of pyridine rings is 4. The molecule has 0 aliphatic carbocycles. The molecule has 1 saturated heterocycles. The van der Waals surface area contributed by atoms with Crippen LogP contribution in [0.2, 0.25) is 0 Å². The maximum atomic E-state index is 12.5. The van der Waals surface area contributed by atoms with Crippen LogP contribution in [0.1, 0.15) is 18.4 Å². The molecule has 8 nitrogen and oxygen atoms in total. The van der Waals surface area contributed by atoms with Crippen molar-refractivity contribution < 1.29 is 4.74 Å². The third-order valence-electron chi connectivity index (χ3n) is 6.38. The normalized spacial score (nSPS) is 15.3. The summed E-state index contributed by atoms with van der Waals surface area (Å²) in [5.41, 5.74) is 4.63. The number of aromatic nitrogens is 4. The summed E-state index contributed by atoms with van der Waals surface area (Å²) in [6.07, 6.45) is 7.58. The zero-order chi connectivity index (χ0) is 22.6. The molecule has 33 heavy (non-hydrogen) atoms. The zero-order valence-corrected chi connectivity index (χ0v) is 18.8. The predicted octanol–water partition coefficient (Wildman–Crippen LogP) is 2.60. The van der Waals surface area contributed by atoms with Gasteiger partial charge in [-0.15, -0.1) is 0 Å². The second kappa shape index (κ2) is 9.64. The summed E-state index contributed by atoms with van der Waals surface area (Å²) in [5.74, 6) is 0.658. The van der Waals surface area contributed by atoms with Crippen LogP contribution in [0.25, 0.3) is 22.1 Å². The van der Waals surface area contributed by atoms with Gasteiger partial charge >= 0.3 is 0 Å². The number of hydrogen-bond acceptors (Lipinski definition) is 7. The minimum absolute atomic E-state index is 0.00686. The smallest absolute Gasteiger partial charge is 0.251 e. The largest absolute Gasteiger partial charge is 0.495 e. The van der Waals surface area contributed by atoms with Gasteiger partial charge in [-0.1, -0.05) is 0 Å². The van der Waals surface area contributed by atoms with Crippen LogP contribution in [0, 0.1) is 0 Å². The second-order valence-corrected chi connectivity index (χ2v) is 8.48. The summed E-state index contributed by atoms with van der Waals surface area (Å²) in [7, 11) is 1.61. The summed E-state index contributed by atoms with van der Waals surface area (Å²) >= 11 is 0. The molecule has 0 amide bonds. The Balaban J connectivity index is 1.15. The highest BCUT2D eigenvalue weighted by Gasteiger charge is 2.19. The lowest BCUT2D eigenvalue weighted by Crippen LogP contribution is -2.43. The van der Waals surface area contributed by atoms with E-state index in [2.05, 4.69) is 31.2 Å². The van der Waals surface area contributed by atoms with Gasteiger partial charge < -0.3 is 19.5 Å². The molecule has 170 valence electrons. The molecule has 0 bridgehead atoms. The number of fused-ring (bicyclic) bond motifs is 2. The molecule has 5 heterocycles. The SMILES string of the molecule is COc1cnc2ccc(=O)n(CCN3CCC(NCc4cnc5cccnc5c4)CC3)c2c1. The van der Waals surface area contributed by atoms with Crippen LogP contribution in [0.15, 0.2) is 59.8 Å². The van der Waals surface area contributed by atoms with E-state index < -0.39 is 0 Å². The average Bonchev–Trinajstić information content (AvgIpc) is 2.87. The molecule has 0 saturated carbocycles. The second-order valence-electron chi connectivity index (χ2n) is 8.48. The van der Waals surface area contributed by atoms with Crippen molar-refractivity contribution in [3.05, 3.63) is 70.9 Å². The van der Waals surface area contributed by atoms with E-state index in [0.29, 0.717) is 18.3 Å². The third kappa shape index (κ3) is 4.86. The quantitative estimate of drug-likeness (QED) is 0.469. The number of methoxy groups -OCH3 is 1. The topological polar surface area (TPSA) is 85.2 Å². The molecular formula is C25H28N6O2. The van der Waals surface area contributed by atoms with Gasteiger partial charge in [-0.3, -0.25) is 19.7 Å². The van der Waals surface area contributed by atoms with E-state index in [1.807, 2.05) is 24.4 Å². The van der Waals surface area contributed by atoms with E-state index >= 15 is 0 Å². The Labute approximate surface area is 192 Å². The van der Waals surface area contributed by atoms with Gasteiger partial charge in [0.25, 0.3) is 5.56 Å². The van der Waals surface area contributed by atoms with Crippen molar-refractivity contribution in [2.45, 2.75) is 32.0 Å². The number of piperidine rings is 1. The average molecular weight is 445 g/mol. The molecule has 8 heteroatoms. The fraction of sp³-hybridized carbons (Fsp3) is 0.360. The lowest BCUT2D eigenvalue weighted by atomic mass is 10.0. The van der Waals surface area contributed by atoms with Crippen molar-refractivity contribution in [2.24, 2.45) is 0 Å². The number of hydrogen-bond donors (Lipinski definition) is 1. The van der Waals surface area contributed by atoms with Crippen LogP contribution in [0.3, 0.4) is 0 Å². The number of nitrogens with one attached hydrogen (secondary N) is 1. The van der Waals surface area contributed by atoms with Crippen LogP contribution in [-0.2, 0) is 13.1 Å². The summed E-state index contributed by atoms with van der Waals surface area (Å²) in [6.45, 7) is 4.29. The maximum absolute atomic E-state index is 12.5. The van der Waals surface area contributed by atoms with Gasteiger partial charge in [-0.25, -0.2) is 0 Å². The van der Waals surface area contributed by atoms with Gasteiger partial charge in [0.05, 0.1) is 35.4 Å².